The molecule has 31 heavy (non-hydrogen) atoms. The zero-order valence-corrected chi connectivity index (χ0v) is 18.2. The normalized spacial score (nSPS) is 16.5. The SMILES string of the molecule is CS(=O)(=O)c1ccc(C(=O)N(C[C@@H]2CCCO2)c2nc3ccccc3s2)cc1[N+](=O)[O-]. The largest absolute Gasteiger partial charge is 0.376 e. The third-order valence-electron chi connectivity index (χ3n) is 4.97. The fourth-order valence-corrected chi connectivity index (χ4v) is 5.28. The number of carbonyl (C=O) groups is 1. The first-order valence-corrected chi connectivity index (χ1v) is 12.2. The van der Waals surface area contributed by atoms with Crippen molar-refractivity contribution in [2.75, 3.05) is 24.3 Å². The highest BCUT2D eigenvalue weighted by Crippen LogP contribution is 2.32. The monoisotopic (exact) mass is 461 g/mol. The summed E-state index contributed by atoms with van der Waals surface area (Å²) in [7, 11) is -3.83. The molecule has 3 aromatic rings. The lowest BCUT2D eigenvalue weighted by Crippen LogP contribution is -2.37. The molecule has 0 radical (unpaired) electrons. The average Bonchev–Trinajstić information content (AvgIpc) is 3.39. The molecule has 9 nitrogen and oxygen atoms in total. The van der Waals surface area contributed by atoms with E-state index in [1.165, 1.54) is 22.3 Å². The summed E-state index contributed by atoms with van der Waals surface area (Å²) in [5.41, 5.74) is 0.122. The van der Waals surface area contributed by atoms with Crippen LogP contribution in [0.1, 0.15) is 23.2 Å². The van der Waals surface area contributed by atoms with Gasteiger partial charge in [-0.2, -0.15) is 0 Å². The molecule has 4 rings (SSSR count). The van der Waals surface area contributed by atoms with Crippen molar-refractivity contribution in [2.45, 2.75) is 23.8 Å². The number of hydrogen-bond acceptors (Lipinski definition) is 8. The van der Waals surface area contributed by atoms with Crippen molar-refractivity contribution in [1.29, 1.82) is 0 Å². The highest BCUT2D eigenvalue weighted by atomic mass is 32.2. The molecule has 0 aliphatic carbocycles. The number of anilines is 1. The van der Waals surface area contributed by atoms with E-state index >= 15 is 0 Å². The van der Waals surface area contributed by atoms with Gasteiger partial charge < -0.3 is 4.74 Å². The highest BCUT2D eigenvalue weighted by molar-refractivity contribution is 7.90. The van der Waals surface area contributed by atoms with E-state index in [1.54, 1.807) is 0 Å². The first-order valence-electron chi connectivity index (χ1n) is 9.51. The summed E-state index contributed by atoms with van der Waals surface area (Å²) in [4.78, 5) is 29.7. The standard InChI is InChI=1S/C20H19N3O6S2/c1-31(27,28)18-9-8-13(11-16(18)23(25)26)19(24)22(12-14-5-4-10-29-14)20-21-15-6-2-3-7-17(15)30-20/h2-3,6-9,11,14H,4-5,10,12H2,1H3/t14-/m0/s1. The predicted octanol–water partition coefficient (Wildman–Crippen LogP) is 3.43. The van der Waals surface area contributed by atoms with E-state index in [9.17, 15) is 23.3 Å². The van der Waals surface area contributed by atoms with Crippen LogP contribution in [0.3, 0.4) is 0 Å². The summed E-state index contributed by atoms with van der Waals surface area (Å²) in [6.45, 7) is 0.862. The highest BCUT2D eigenvalue weighted by Gasteiger charge is 2.30. The van der Waals surface area contributed by atoms with Crippen LogP contribution in [0.15, 0.2) is 47.4 Å². The number of nitro groups is 1. The summed E-state index contributed by atoms with van der Waals surface area (Å²) in [6.07, 6.45) is 2.41. The maximum absolute atomic E-state index is 13.4. The zero-order chi connectivity index (χ0) is 22.2. The smallest absolute Gasteiger partial charge is 0.288 e. The van der Waals surface area contributed by atoms with Crippen molar-refractivity contribution in [3.05, 3.63) is 58.1 Å². The van der Waals surface area contributed by atoms with Crippen molar-refractivity contribution < 1.29 is 22.9 Å². The third-order valence-corrected chi connectivity index (χ3v) is 7.17. The number of fused-ring (bicyclic) bond motifs is 1. The number of amides is 1. The summed E-state index contributed by atoms with van der Waals surface area (Å²) in [5, 5.41) is 11.9. The summed E-state index contributed by atoms with van der Waals surface area (Å²) in [6, 6.07) is 10.9. The minimum absolute atomic E-state index is 0.0105. The minimum atomic E-state index is -3.83. The van der Waals surface area contributed by atoms with E-state index in [1.807, 2.05) is 24.3 Å². The van der Waals surface area contributed by atoms with Crippen LogP contribution in [0, 0.1) is 10.1 Å². The molecule has 1 aliphatic heterocycles. The van der Waals surface area contributed by atoms with Gasteiger partial charge in [-0.3, -0.25) is 19.8 Å². The molecule has 1 atom stereocenters. The summed E-state index contributed by atoms with van der Waals surface area (Å²) in [5.74, 6) is -0.502. The lowest BCUT2D eigenvalue weighted by Gasteiger charge is -2.23. The summed E-state index contributed by atoms with van der Waals surface area (Å²) >= 11 is 1.34. The van der Waals surface area contributed by atoms with Gasteiger partial charge in [-0.25, -0.2) is 13.4 Å². The van der Waals surface area contributed by atoms with Crippen LogP contribution in [0.4, 0.5) is 10.8 Å². The lowest BCUT2D eigenvalue weighted by molar-refractivity contribution is -0.387. The molecule has 1 aliphatic rings. The van der Waals surface area contributed by atoms with Crippen molar-refractivity contribution in [1.82, 2.24) is 4.98 Å². The topological polar surface area (TPSA) is 120 Å². The Morgan fingerprint density at radius 2 is 2.10 bits per heavy atom. The van der Waals surface area contributed by atoms with Gasteiger partial charge in [0.1, 0.15) is 4.90 Å². The Hall–Kier alpha value is -2.89. The molecule has 1 fully saturated rings. The van der Waals surface area contributed by atoms with Crippen LogP contribution < -0.4 is 4.90 Å². The second-order valence-corrected chi connectivity index (χ2v) is 10.2. The molecule has 0 saturated carbocycles. The Morgan fingerprint density at radius 3 is 2.74 bits per heavy atom. The van der Waals surface area contributed by atoms with Crippen LogP contribution in [-0.2, 0) is 14.6 Å². The average molecular weight is 462 g/mol. The van der Waals surface area contributed by atoms with Crippen LogP contribution in [0.25, 0.3) is 10.2 Å². The number of hydrogen-bond donors (Lipinski definition) is 0. The number of sulfone groups is 1. The molecule has 1 amide bonds. The number of rotatable bonds is 6. The van der Waals surface area contributed by atoms with Crippen LogP contribution >= 0.6 is 11.3 Å². The molecule has 1 saturated heterocycles. The second-order valence-electron chi connectivity index (χ2n) is 7.23. The number of para-hydroxylation sites is 1. The van der Waals surface area contributed by atoms with Crippen molar-refractivity contribution in [2.24, 2.45) is 0 Å². The lowest BCUT2D eigenvalue weighted by atomic mass is 10.1. The number of thiazole rings is 1. The van der Waals surface area contributed by atoms with E-state index < -0.39 is 31.3 Å². The summed E-state index contributed by atoms with van der Waals surface area (Å²) < 4.78 is 30.4. The number of nitrogens with zero attached hydrogens (tertiary/aromatic N) is 3. The molecule has 11 heteroatoms. The molecule has 162 valence electrons. The van der Waals surface area contributed by atoms with E-state index in [0.717, 1.165) is 41.4 Å². The molecular formula is C20H19N3O6S2. The zero-order valence-electron chi connectivity index (χ0n) is 16.6. The van der Waals surface area contributed by atoms with E-state index in [0.29, 0.717) is 11.7 Å². The third kappa shape index (κ3) is 4.43. The van der Waals surface area contributed by atoms with Gasteiger partial charge in [0.25, 0.3) is 11.6 Å². The molecule has 2 aromatic carbocycles. The van der Waals surface area contributed by atoms with Crippen LogP contribution in [0.2, 0.25) is 0 Å². The van der Waals surface area contributed by atoms with Crippen LogP contribution in [-0.4, -0.2) is 49.7 Å². The van der Waals surface area contributed by atoms with E-state index in [2.05, 4.69) is 4.98 Å². The maximum atomic E-state index is 13.4. The van der Waals surface area contributed by atoms with Crippen molar-refractivity contribution in [3.63, 3.8) is 0 Å². The molecule has 0 bridgehead atoms. The number of ether oxygens (including phenoxy) is 1. The Labute approximate surface area is 182 Å². The van der Waals surface area contributed by atoms with Gasteiger partial charge in [-0.05, 0) is 37.1 Å². The fourth-order valence-electron chi connectivity index (χ4n) is 3.48. The van der Waals surface area contributed by atoms with Gasteiger partial charge in [-0.1, -0.05) is 23.5 Å². The number of nitro benzene ring substituents is 1. The van der Waals surface area contributed by atoms with E-state index in [-0.39, 0.29) is 18.2 Å². The number of carbonyl (C=O) groups excluding carboxylic acids is 1. The molecule has 1 aromatic heterocycles. The Morgan fingerprint density at radius 1 is 1.32 bits per heavy atom. The van der Waals surface area contributed by atoms with E-state index in [4.69, 9.17) is 4.74 Å². The quantitative estimate of drug-likeness (QED) is 0.407. The molecule has 0 N–H and O–H groups in total. The van der Waals surface area contributed by atoms with Gasteiger partial charge in [0.05, 0.1) is 27.8 Å². The first-order chi connectivity index (χ1) is 14.7. The van der Waals surface area contributed by atoms with Gasteiger partial charge >= 0.3 is 0 Å². The Kier molecular flexibility index (Phi) is 5.73. The van der Waals surface area contributed by atoms with Gasteiger partial charge in [0, 0.05) is 24.5 Å². The minimum Gasteiger partial charge on any atom is -0.376 e. The van der Waals surface area contributed by atoms with Crippen LogP contribution in [0.5, 0.6) is 0 Å². The second kappa shape index (κ2) is 8.33. The number of benzene rings is 2. The molecule has 0 spiro atoms. The Balaban J connectivity index is 1.76. The van der Waals surface area contributed by atoms with Crippen molar-refractivity contribution in [3.8, 4) is 0 Å². The maximum Gasteiger partial charge on any atom is 0.288 e. The first kappa shape index (κ1) is 21.3. The number of aromatic nitrogens is 1. The predicted molar refractivity (Wildman–Crippen MR) is 116 cm³/mol. The molecule has 0 unspecified atom stereocenters. The fraction of sp³-hybridized carbons (Fsp3) is 0.300. The molecule has 2 heterocycles. The van der Waals surface area contributed by atoms with Gasteiger partial charge in [-0.15, -0.1) is 0 Å². The molecular weight excluding hydrogens is 442 g/mol. The Bertz CT molecular complexity index is 1230. The van der Waals surface area contributed by atoms with Gasteiger partial charge in [0.15, 0.2) is 15.0 Å². The van der Waals surface area contributed by atoms with Gasteiger partial charge in [0.2, 0.25) is 0 Å². The van der Waals surface area contributed by atoms with Crippen molar-refractivity contribution >= 4 is 48.1 Å².